The molecule has 55 heavy (non-hydrogen) atoms. The van der Waals surface area contributed by atoms with E-state index < -0.39 is 0 Å². The Morgan fingerprint density at radius 1 is 0.309 bits per heavy atom. The van der Waals surface area contributed by atoms with Crippen molar-refractivity contribution in [3.63, 3.8) is 0 Å². The SMILES string of the molecule is Bc1c(B)c(B)c2c(-c3ccc4oc5cc6ccccc6cc5c4c3)c3c(B)c(B)c(B)c(B)c3c(-c3ccc(-c4cccc5ccccc45)cc3)c2c1B. The molecular weight excluding hydrogens is 655 g/mol. The molecule has 9 aromatic carbocycles. The molecule has 0 amide bonds. The van der Waals surface area contributed by atoms with Crippen LogP contribution < -0.4 is 43.7 Å². The Labute approximate surface area is 329 Å². The molecule has 0 radical (unpaired) electrons. The van der Waals surface area contributed by atoms with E-state index in [0.29, 0.717) is 0 Å². The van der Waals surface area contributed by atoms with Gasteiger partial charge in [0.25, 0.3) is 0 Å². The molecule has 10 aromatic rings. The fraction of sp³-hybridized carbons (Fsp3) is 0. The van der Waals surface area contributed by atoms with Gasteiger partial charge in [-0.05, 0) is 101 Å². The molecule has 0 saturated carbocycles. The summed E-state index contributed by atoms with van der Waals surface area (Å²) < 4.78 is 6.52. The summed E-state index contributed by atoms with van der Waals surface area (Å²) in [4.78, 5) is 0. The van der Waals surface area contributed by atoms with Gasteiger partial charge in [0.15, 0.2) is 0 Å². The maximum absolute atomic E-state index is 6.52. The van der Waals surface area contributed by atoms with Crippen LogP contribution in [0.25, 0.3) is 98.4 Å². The average Bonchev–Trinajstić information content (AvgIpc) is 3.57. The van der Waals surface area contributed by atoms with E-state index in [1.165, 1.54) is 120 Å². The molecule has 1 nitrogen and oxygen atoms in total. The van der Waals surface area contributed by atoms with Gasteiger partial charge in [-0.3, -0.25) is 0 Å². The second kappa shape index (κ2) is 12.4. The van der Waals surface area contributed by atoms with E-state index in [4.69, 9.17) is 4.42 Å². The van der Waals surface area contributed by atoms with E-state index in [9.17, 15) is 0 Å². The monoisotopic (exact) mass is 692 g/mol. The van der Waals surface area contributed by atoms with Crippen molar-refractivity contribution in [2.24, 2.45) is 0 Å². The van der Waals surface area contributed by atoms with Gasteiger partial charge >= 0.3 is 0 Å². The van der Waals surface area contributed by atoms with Gasteiger partial charge in [0.05, 0.1) is 0 Å². The van der Waals surface area contributed by atoms with E-state index >= 15 is 0 Å². The van der Waals surface area contributed by atoms with Crippen LogP contribution in [0.1, 0.15) is 0 Å². The zero-order valence-electron chi connectivity index (χ0n) is 33.0. The number of hydrogen-bond acceptors (Lipinski definition) is 1. The molecule has 1 heterocycles. The quantitative estimate of drug-likeness (QED) is 0.176. The van der Waals surface area contributed by atoms with Crippen LogP contribution in [0.4, 0.5) is 0 Å². The Morgan fingerprint density at radius 3 is 1.36 bits per heavy atom. The van der Waals surface area contributed by atoms with Crippen molar-refractivity contribution in [1.29, 1.82) is 0 Å². The van der Waals surface area contributed by atoms with E-state index in [-0.39, 0.29) is 0 Å². The highest BCUT2D eigenvalue weighted by molar-refractivity contribution is 6.71. The molecular formula is C46H36B8O. The van der Waals surface area contributed by atoms with Gasteiger partial charge in [-0.25, -0.2) is 0 Å². The predicted octanol–water partition coefficient (Wildman–Crippen LogP) is -0.733. The molecule has 0 atom stereocenters. The minimum absolute atomic E-state index is 0.922. The largest absolute Gasteiger partial charge is 0.456 e. The van der Waals surface area contributed by atoms with Gasteiger partial charge < -0.3 is 4.42 Å². The fourth-order valence-electron chi connectivity index (χ4n) is 9.61. The summed E-state index contributed by atoms with van der Waals surface area (Å²) in [5, 5.41) is 12.7. The molecule has 0 aliphatic heterocycles. The molecule has 9 heteroatoms. The summed E-state index contributed by atoms with van der Waals surface area (Å²) in [5.41, 5.74) is 20.4. The third-order valence-electron chi connectivity index (χ3n) is 13.3. The Morgan fingerprint density at radius 2 is 0.764 bits per heavy atom. The number of benzene rings is 9. The molecule has 0 N–H and O–H groups in total. The summed E-state index contributed by atoms with van der Waals surface area (Å²) in [7, 11) is 18.6. The lowest BCUT2D eigenvalue weighted by Crippen LogP contribution is -2.50. The van der Waals surface area contributed by atoms with Gasteiger partial charge in [0, 0.05) is 10.8 Å². The third-order valence-corrected chi connectivity index (χ3v) is 13.3. The lowest BCUT2D eigenvalue weighted by Gasteiger charge is -2.28. The van der Waals surface area contributed by atoms with Crippen molar-refractivity contribution in [2.75, 3.05) is 0 Å². The first kappa shape index (κ1) is 33.9. The minimum Gasteiger partial charge on any atom is -0.456 e. The van der Waals surface area contributed by atoms with Gasteiger partial charge in [0.2, 0.25) is 0 Å². The molecule has 10 rings (SSSR count). The van der Waals surface area contributed by atoms with Crippen LogP contribution in [-0.4, -0.2) is 62.8 Å². The first-order valence-corrected chi connectivity index (χ1v) is 19.5. The van der Waals surface area contributed by atoms with Crippen LogP contribution >= 0.6 is 0 Å². The average molecular weight is 691 g/mol. The summed E-state index contributed by atoms with van der Waals surface area (Å²) in [6.07, 6.45) is 0. The van der Waals surface area contributed by atoms with Crippen molar-refractivity contribution in [1.82, 2.24) is 0 Å². The summed E-state index contributed by atoms with van der Waals surface area (Å²) >= 11 is 0. The number of hydrogen-bond donors (Lipinski definition) is 0. The molecule has 1 aromatic heterocycles. The molecule has 0 fully saturated rings. The molecule has 0 aliphatic rings. The fourth-order valence-corrected chi connectivity index (χ4v) is 9.61. The zero-order valence-corrected chi connectivity index (χ0v) is 33.0. The Kier molecular flexibility index (Phi) is 7.66. The second-order valence-electron chi connectivity index (χ2n) is 15.9. The molecule has 0 aliphatic carbocycles. The predicted molar refractivity (Wildman–Crippen MR) is 265 cm³/mol. The molecule has 0 saturated heterocycles. The molecule has 250 valence electrons. The van der Waals surface area contributed by atoms with E-state index in [2.05, 4.69) is 184 Å². The van der Waals surface area contributed by atoms with E-state index in [0.717, 1.165) is 21.9 Å². The summed E-state index contributed by atoms with van der Waals surface area (Å²) in [6.45, 7) is 0. The zero-order chi connectivity index (χ0) is 37.9. The lowest BCUT2D eigenvalue weighted by atomic mass is 9.59. The van der Waals surface area contributed by atoms with Crippen molar-refractivity contribution < 1.29 is 4.42 Å². The normalized spacial score (nSPS) is 11.9. The Balaban J connectivity index is 1.33. The van der Waals surface area contributed by atoms with Crippen LogP contribution in [0.2, 0.25) is 0 Å². The molecule has 0 spiro atoms. The third kappa shape index (κ3) is 4.91. The van der Waals surface area contributed by atoms with Crippen LogP contribution in [0.5, 0.6) is 0 Å². The van der Waals surface area contributed by atoms with Crippen molar-refractivity contribution in [3.8, 4) is 33.4 Å². The van der Waals surface area contributed by atoms with E-state index in [1.807, 2.05) is 0 Å². The summed E-state index contributed by atoms with van der Waals surface area (Å²) in [5.74, 6) is 0. The van der Waals surface area contributed by atoms with Gasteiger partial charge in [-0.15, -0.1) is 21.9 Å². The number of fused-ring (bicyclic) bond motifs is 7. The smallest absolute Gasteiger partial charge is 0.139 e. The minimum atomic E-state index is 0.922. The highest BCUT2D eigenvalue weighted by atomic mass is 16.3. The second-order valence-corrected chi connectivity index (χ2v) is 15.9. The standard InChI is InChI=1S/C46H36B8O/c47-39-35-33(23-14-12-22(13-15-23)28-11-5-9-21-6-3-4-10-27(21)28)36-38(42(50)46(54)44(52)40(36)48)34(37(35)41(49)45(53)43(39)51)26-16-17-31-29(19-26)30-18-24-7-1-2-8-25(24)20-32(30)55-31/h1-20H,47-54H2. The van der Waals surface area contributed by atoms with Gasteiger partial charge in [-0.2, -0.15) is 0 Å². The van der Waals surface area contributed by atoms with Crippen LogP contribution in [-0.2, 0) is 0 Å². The van der Waals surface area contributed by atoms with Crippen molar-refractivity contribution in [3.05, 3.63) is 121 Å². The highest BCUT2D eigenvalue weighted by Crippen LogP contribution is 2.43. The maximum Gasteiger partial charge on any atom is 0.139 e. The van der Waals surface area contributed by atoms with Crippen LogP contribution in [0.15, 0.2) is 126 Å². The molecule has 0 bridgehead atoms. The van der Waals surface area contributed by atoms with Crippen molar-refractivity contribution >= 4 is 172 Å². The summed E-state index contributed by atoms with van der Waals surface area (Å²) in [6, 6.07) is 44.7. The van der Waals surface area contributed by atoms with Crippen molar-refractivity contribution in [2.45, 2.75) is 0 Å². The van der Waals surface area contributed by atoms with E-state index in [1.54, 1.807) is 0 Å². The van der Waals surface area contributed by atoms with Gasteiger partial charge in [-0.1, -0.05) is 119 Å². The van der Waals surface area contributed by atoms with Crippen LogP contribution in [0.3, 0.4) is 0 Å². The first-order valence-electron chi connectivity index (χ1n) is 19.5. The highest BCUT2D eigenvalue weighted by Gasteiger charge is 2.25. The number of rotatable bonds is 3. The topological polar surface area (TPSA) is 13.1 Å². The number of furan rings is 1. The maximum atomic E-state index is 6.52. The van der Waals surface area contributed by atoms with Crippen LogP contribution in [0, 0.1) is 0 Å². The van der Waals surface area contributed by atoms with Gasteiger partial charge in [0.1, 0.15) is 73.9 Å². The lowest BCUT2D eigenvalue weighted by molar-refractivity contribution is 0.669. The Bertz CT molecular complexity index is 3210. The Hall–Kier alpha value is -5.66. The first-order chi connectivity index (χ1) is 26.6. The molecule has 0 unspecified atom stereocenters.